The van der Waals surface area contributed by atoms with Gasteiger partial charge in [-0.2, -0.15) is 5.26 Å². The summed E-state index contributed by atoms with van der Waals surface area (Å²) in [5.74, 6) is -0.0108. The van der Waals surface area contributed by atoms with Crippen molar-refractivity contribution in [1.82, 2.24) is 10.2 Å². The topological polar surface area (TPSA) is 56.1 Å². The quantitative estimate of drug-likeness (QED) is 0.713. The molecule has 0 rings (SSSR count). The van der Waals surface area contributed by atoms with Crippen LogP contribution in [-0.2, 0) is 4.79 Å². The number of likely N-dealkylation sites (N-methyl/N-ethyl adjacent to an activating group) is 1. The average molecular weight is 211 g/mol. The number of carbonyl (C=O) groups excluding carboxylic acids is 1. The highest BCUT2D eigenvalue weighted by Gasteiger charge is 2.10. The Morgan fingerprint density at radius 1 is 1.53 bits per heavy atom. The highest BCUT2D eigenvalue weighted by Crippen LogP contribution is 1.95. The standard InChI is InChI=1S/C11H21N3O/c1-5-10(3)13-11(15)8-14(4)7-9(2)6-12/h9-10H,5,7-8H2,1-4H3,(H,13,15). The fraction of sp³-hybridized carbons (Fsp3) is 0.818. The van der Waals surface area contributed by atoms with E-state index in [0.29, 0.717) is 13.1 Å². The molecular formula is C11H21N3O. The van der Waals surface area contributed by atoms with Gasteiger partial charge >= 0.3 is 0 Å². The highest BCUT2D eigenvalue weighted by atomic mass is 16.2. The van der Waals surface area contributed by atoms with E-state index >= 15 is 0 Å². The number of nitrogens with zero attached hydrogens (tertiary/aromatic N) is 2. The first-order valence-electron chi connectivity index (χ1n) is 5.37. The second-order valence-corrected chi connectivity index (χ2v) is 4.10. The maximum atomic E-state index is 11.5. The zero-order valence-electron chi connectivity index (χ0n) is 10.1. The van der Waals surface area contributed by atoms with Crippen LogP contribution in [0.2, 0.25) is 0 Å². The van der Waals surface area contributed by atoms with Gasteiger partial charge in [-0.1, -0.05) is 6.92 Å². The zero-order valence-corrected chi connectivity index (χ0v) is 10.1. The van der Waals surface area contributed by atoms with Gasteiger partial charge in [-0.3, -0.25) is 9.69 Å². The van der Waals surface area contributed by atoms with Crippen LogP contribution in [0.4, 0.5) is 0 Å². The lowest BCUT2D eigenvalue weighted by atomic mass is 10.2. The van der Waals surface area contributed by atoms with Crippen molar-refractivity contribution in [3.8, 4) is 6.07 Å². The van der Waals surface area contributed by atoms with Crippen LogP contribution < -0.4 is 5.32 Å². The lowest BCUT2D eigenvalue weighted by molar-refractivity contribution is -0.122. The lowest BCUT2D eigenvalue weighted by Crippen LogP contribution is -2.40. The van der Waals surface area contributed by atoms with Gasteiger partial charge in [0.15, 0.2) is 0 Å². The molecule has 4 nitrogen and oxygen atoms in total. The first kappa shape index (κ1) is 13.9. The number of hydrogen-bond donors (Lipinski definition) is 1. The Hall–Kier alpha value is -1.08. The molecule has 0 aromatic heterocycles. The van der Waals surface area contributed by atoms with Crippen LogP contribution in [0.15, 0.2) is 0 Å². The van der Waals surface area contributed by atoms with E-state index in [1.54, 1.807) is 0 Å². The SMILES string of the molecule is CCC(C)NC(=O)CN(C)CC(C)C#N. The molecule has 2 unspecified atom stereocenters. The van der Waals surface area contributed by atoms with Crippen LogP contribution in [0.1, 0.15) is 27.2 Å². The summed E-state index contributed by atoms with van der Waals surface area (Å²) in [6, 6.07) is 2.37. The molecule has 0 saturated heterocycles. The van der Waals surface area contributed by atoms with Crippen molar-refractivity contribution in [2.45, 2.75) is 33.2 Å². The molecule has 0 heterocycles. The molecule has 15 heavy (non-hydrogen) atoms. The molecule has 0 radical (unpaired) electrons. The van der Waals surface area contributed by atoms with Crippen molar-refractivity contribution in [2.24, 2.45) is 5.92 Å². The summed E-state index contributed by atoms with van der Waals surface area (Å²) in [4.78, 5) is 13.3. The smallest absolute Gasteiger partial charge is 0.234 e. The van der Waals surface area contributed by atoms with Crippen molar-refractivity contribution in [3.05, 3.63) is 0 Å². The maximum absolute atomic E-state index is 11.5. The van der Waals surface area contributed by atoms with Crippen molar-refractivity contribution < 1.29 is 4.79 Å². The van der Waals surface area contributed by atoms with E-state index in [-0.39, 0.29) is 17.9 Å². The van der Waals surface area contributed by atoms with Crippen LogP contribution in [0.25, 0.3) is 0 Å². The Bertz CT molecular complexity index is 234. The van der Waals surface area contributed by atoms with E-state index in [2.05, 4.69) is 11.4 Å². The molecule has 1 amide bonds. The van der Waals surface area contributed by atoms with Crippen LogP contribution in [0, 0.1) is 17.2 Å². The van der Waals surface area contributed by atoms with Crippen LogP contribution in [0.3, 0.4) is 0 Å². The van der Waals surface area contributed by atoms with Crippen LogP contribution in [0.5, 0.6) is 0 Å². The summed E-state index contributed by atoms with van der Waals surface area (Å²) in [7, 11) is 1.85. The molecule has 0 aromatic carbocycles. The van der Waals surface area contributed by atoms with Crippen LogP contribution >= 0.6 is 0 Å². The summed E-state index contributed by atoms with van der Waals surface area (Å²) in [5.41, 5.74) is 0. The number of amides is 1. The summed E-state index contributed by atoms with van der Waals surface area (Å²) in [6.07, 6.45) is 0.935. The molecule has 0 aliphatic heterocycles. The molecule has 2 atom stereocenters. The molecule has 1 N–H and O–H groups in total. The highest BCUT2D eigenvalue weighted by molar-refractivity contribution is 5.78. The summed E-state index contributed by atoms with van der Waals surface area (Å²) >= 11 is 0. The summed E-state index contributed by atoms with van der Waals surface area (Å²) in [5, 5.41) is 11.5. The lowest BCUT2D eigenvalue weighted by Gasteiger charge is -2.18. The van der Waals surface area contributed by atoms with Gasteiger partial charge in [0.2, 0.25) is 5.91 Å². The molecule has 86 valence electrons. The fourth-order valence-corrected chi connectivity index (χ4v) is 1.24. The van der Waals surface area contributed by atoms with Gasteiger partial charge in [0, 0.05) is 12.6 Å². The monoisotopic (exact) mass is 211 g/mol. The average Bonchev–Trinajstić information content (AvgIpc) is 2.16. The predicted octanol–water partition coefficient (Wildman–Crippen LogP) is 0.993. The number of hydrogen-bond acceptors (Lipinski definition) is 3. The molecule has 0 aliphatic rings. The van der Waals surface area contributed by atoms with Gasteiger partial charge in [0.25, 0.3) is 0 Å². The number of carbonyl (C=O) groups is 1. The fourth-order valence-electron chi connectivity index (χ4n) is 1.24. The number of nitrogens with one attached hydrogen (secondary N) is 1. The molecular weight excluding hydrogens is 190 g/mol. The Balaban J connectivity index is 3.82. The molecule has 0 saturated carbocycles. The molecule has 0 fully saturated rings. The van der Waals surface area contributed by atoms with E-state index in [9.17, 15) is 4.79 Å². The number of rotatable bonds is 6. The molecule has 0 spiro atoms. The van der Waals surface area contributed by atoms with Crippen LogP contribution in [-0.4, -0.2) is 37.0 Å². The van der Waals surface area contributed by atoms with Gasteiger partial charge in [-0.25, -0.2) is 0 Å². The Morgan fingerprint density at radius 3 is 2.60 bits per heavy atom. The molecule has 0 bridgehead atoms. The van der Waals surface area contributed by atoms with Gasteiger partial charge in [-0.15, -0.1) is 0 Å². The second-order valence-electron chi connectivity index (χ2n) is 4.10. The first-order valence-corrected chi connectivity index (χ1v) is 5.37. The van der Waals surface area contributed by atoms with E-state index in [0.717, 1.165) is 6.42 Å². The van der Waals surface area contributed by atoms with Crippen molar-refractivity contribution >= 4 is 5.91 Å². The predicted molar refractivity (Wildman–Crippen MR) is 60.2 cm³/mol. The molecule has 4 heteroatoms. The van der Waals surface area contributed by atoms with E-state index in [4.69, 9.17) is 5.26 Å². The third-order valence-corrected chi connectivity index (χ3v) is 2.24. The van der Waals surface area contributed by atoms with E-state index < -0.39 is 0 Å². The normalized spacial score (nSPS) is 14.4. The Morgan fingerprint density at radius 2 is 2.13 bits per heavy atom. The largest absolute Gasteiger partial charge is 0.353 e. The molecule has 0 aromatic rings. The van der Waals surface area contributed by atoms with Gasteiger partial charge in [0.05, 0.1) is 18.5 Å². The van der Waals surface area contributed by atoms with Gasteiger partial charge in [-0.05, 0) is 27.3 Å². The minimum Gasteiger partial charge on any atom is -0.353 e. The summed E-state index contributed by atoms with van der Waals surface area (Å²) in [6.45, 7) is 6.85. The van der Waals surface area contributed by atoms with Crippen molar-refractivity contribution in [3.63, 3.8) is 0 Å². The summed E-state index contributed by atoms with van der Waals surface area (Å²) < 4.78 is 0. The van der Waals surface area contributed by atoms with Gasteiger partial charge < -0.3 is 5.32 Å². The van der Waals surface area contributed by atoms with Crippen molar-refractivity contribution in [1.29, 1.82) is 5.26 Å². The number of nitriles is 1. The molecule has 0 aliphatic carbocycles. The van der Waals surface area contributed by atoms with E-state index in [1.165, 1.54) is 0 Å². The Kier molecular flexibility index (Phi) is 6.72. The van der Waals surface area contributed by atoms with E-state index in [1.807, 2.05) is 32.7 Å². The minimum absolute atomic E-state index is 0.0250. The third kappa shape index (κ3) is 6.92. The van der Waals surface area contributed by atoms with Gasteiger partial charge in [0.1, 0.15) is 0 Å². The third-order valence-electron chi connectivity index (χ3n) is 2.24. The van der Waals surface area contributed by atoms with Crippen molar-refractivity contribution in [2.75, 3.05) is 20.1 Å². The first-order chi connectivity index (χ1) is 6.99. The zero-order chi connectivity index (χ0) is 11.8. The Labute approximate surface area is 92.3 Å². The maximum Gasteiger partial charge on any atom is 0.234 e. The minimum atomic E-state index is -0.0357. The second kappa shape index (κ2) is 7.24.